The molecule has 100 valence electrons. The van der Waals surface area contributed by atoms with Gasteiger partial charge in [-0.15, -0.1) is 0 Å². The van der Waals surface area contributed by atoms with Crippen molar-refractivity contribution in [1.82, 2.24) is 9.97 Å². The van der Waals surface area contributed by atoms with Gasteiger partial charge in [-0.05, 0) is 34.7 Å². The van der Waals surface area contributed by atoms with Gasteiger partial charge in [0.25, 0.3) is 0 Å². The van der Waals surface area contributed by atoms with Gasteiger partial charge in [0, 0.05) is 27.3 Å². The Balaban J connectivity index is 2.25. The molecule has 0 saturated carbocycles. The van der Waals surface area contributed by atoms with Gasteiger partial charge in [0.15, 0.2) is 5.82 Å². The third kappa shape index (κ3) is 2.22. The van der Waals surface area contributed by atoms with E-state index >= 15 is 0 Å². The molecular formula is C14H9IN2O3. The highest BCUT2D eigenvalue weighted by atomic mass is 127. The van der Waals surface area contributed by atoms with Crippen molar-refractivity contribution in [1.29, 1.82) is 0 Å². The number of rotatable bonds is 1. The van der Waals surface area contributed by atoms with Gasteiger partial charge < -0.3 is 15.3 Å². The van der Waals surface area contributed by atoms with Crippen LogP contribution in [-0.4, -0.2) is 25.3 Å². The molecule has 2 aromatic carbocycles. The molecule has 6 heteroatoms. The lowest BCUT2D eigenvalue weighted by atomic mass is 10.1. The summed E-state index contributed by atoms with van der Waals surface area (Å²) >= 11 is 2.18. The van der Waals surface area contributed by atoms with Crippen LogP contribution in [0.2, 0.25) is 0 Å². The summed E-state index contributed by atoms with van der Waals surface area (Å²) in [6, 6.07) is 8.00. The second-order valence-corrected chi connectivity index (χ2v) is 5.50. The fourth-order valence-corrected chi connectivity index (χ4v) is 2.42. The number of aromatic hydroxyl groups is 3. The molecule has 3 rings (SSSR count). The van der Waals surface area contributed by atoms with Gasteiger partial charge >= 0.3 is 0 Å². The molecule has 0 radical (unpaired) electrons. The minimum Gasteiger partial charge on any atom is -0.508 e. The zero-order valence-electron chi connectivity index (χ0n) is 10.1. The van der Waals surface area contributed by atoms with Crippen LogP contribution in [0.1, 0.15) is 0 Å². The van der Waals surface area contributed by atoms with Crippen LogP contribution in [0.5, 0.6) is 17.2 Å². The average Bonchev–Trinajstić information content (AvgIpc) is 2.37. The lowest BCUT2D eigenvalue weighted by Crippen LogP contribution is -1.91. The summed E-state index contributed by atoms with van der Waals surface area (Å²) in [5.74, 6) is -0.562. The number of nitrogens with zero attached hydrogens (tertiary/aromatic N) is 2. The first kappa shape index (κ1) is 12.9. The number of halogens is 1. The topological polar surface area (TPSA) is 86.5 Å². The van der Waals surface area contributed by atoms with Crippen molar-refractivity contribution in [2.45, 2.75) is 0 Å². The molecule has 0 unspecified atom stereocenters. The Morgan fingerprint density at radius 3 is 2.35 bits per heavy atom. The highest BCUT2D eigenvalue weighted by Gasteiger charge is 2.15. The van der Waals surface area contributed by atoms with E-state index in [1.54, 1.807) is 6.20 Å². The van der Waals surface area contributed by atoms with E-state index in [-0.39, 0.29) is 28.6 Å². The van der Waals surface area contributed by atoms with Gasteiger partial charge in [0.2, 0.25) is 0 Å². The van der Waals surface area contributed by atoms with Crippen LogP contribution in [0.25, 0.3) is 22.3 Å². The molecular weight excluding hydrogens is 371 g/mol. The van der Waals surface area contributed by atoms with E-state index < -0.39 is 0 Å². The number of phenolic OH excluding ortho intramolecular Hbond substituents is 3. The maximum atomic E-state index is 9.85. The molecule has 0 saturated heterocycles. The predicted molar refractivity (Wildman–Crippen MR) is 82.7 cm³/mol. The van der Waals surface area contributed by atoms with Crippen molar-refractivity contribution in [2.24, 2.45) is 0 Å². The van der Waals surface area contributed by atoms with E-state index in [2.05, 4.69) is 32.6 Å². The molecule has 1 heterocycles. The standard InChI is InChI=1S/C14H9IN2O3/c15-8-2-1-7-6-16-14(17-10(7)3-8)13-11(19)4-9(18)5-12(13)20/h1-6,18-20H. The van der Waals surface area contributed by atoms with Crippen LogP contribution >= 0.6 is 22.6 Å². The van der Waals surface area contributed by atoms with E-state index in [0.29, 0.717) is 5.52 Å². The molecule has 5 nitrogen and oxygen atoms in total. The smallest absolute Gasteiger partial charge is 0.167 e. The SMILES string of the molecule is Oc1cc(O)c(-c2ncc3ccc(I)cc3n2)c(O)c1. The molecule has 0 fully saturated rings. The highest BCUT2D eigenvalue weighted by molar-refractivity contribution is 14.1. The predicted octanol–water partition coefficient (Wildman–Crippen LogP) is 3.02. The number of hydrogen-bond acceptors (Lipinski definition) is 5. The summed E-state index contributed by atoms with van der Waals surface area (Å²) in [6.07, 6.45) is 1.62. The largest absolute Gasteiger partial charge is 0.508 e. The van der Waals surface area contributed by atoms with Crippen LogP contribution in [0.4, 0.5) is 0 Å². The van der Waals surface area contributed by atoms with E-state index in [1.165, 1.54) is 0 Å². The summed E-state index contributed by atoms with van der Waals surface area (Å²) in [5.41, 5.74) is 0.817. The van der Waals surface area contributed by atoms with Gasteiger partial charge in [-0.3, -0.25) is 0 Å². The summed E-state index contributed by atoms with van der Waals surface area (Å²) in [4.78, 5) is 8.48. The van der Waals surface area contributed by atoms with Crippen LogP contribution in [0.3, 0.4) is 0 Å². The molecule has 3 aromatic rings. The van der Waals surface area contributed by atoms with E-state index in [4.69, 9.17) is 0 Å². The number of aromatic nitrogens is 2. The zero-order valence-corrected chi connectivity index (χ0v) is 12.2. The summed E-state index contributed by atoms with van der Waals surface area (Å²) in [5, 5.41) is 29.9. The Morgan fingerprint density at radius 2 is 1.65 bits per heavy atom. The lowest BCUT2D eigenvalue weighted by molar-refractivity contribution is 0.430. The van der Waals surface area contributed by atoms with Crippen molar-refractivity contribution in [3.63, 3.8) is 0 Å². The molecule has 0 amide bonds. The molecule has 0 aliphatic carbocycles. The van der Waals surface area contributed by atoms with Gasteiger partial charge in [-0.1, -0.05) is 6.07 Å². The molecule has 1 aromatic heterocycles. The van der Waals surface area contributed by atoms with E-state index in [9.17, 15) is 15.3 Å². The Bertz CT molecular complexity index is 798. The average molecular weight is 380 g/mol. The Hall–Kier alpha value is -2.09. The fraction of sp³-hybridized carbons (Fsp3) is 0. The Kier molecular flexibility index (Phi) is 3.09. The summed E-state index contributed by atoms with van der Waals surface area (Å²) < 4.78 is 1.03. The Labute approximate surface area is 127 Å². The fourth-order valence-electron chi connectivity index (χ4n) is 1.94. The third-order valence-electron chi connectivity index (χ3n) is 2.85. The molecule has 0 spiro atoms. The summed E-state index contributed by atoms with van der Waals surface area (Å²) in [7, 11) is 0. The van der Waals surface area contributed by atoms with Gasteiger partial charge in [0.1, 0.15) is 22.8 Å². The van der Waals surface area contributed by atoms with Crippen molar-refractivity contribution < 1.29 is 15.3 Å². The number of hydrogen-bond donors (Lipinski definition) is 3. The number of phenols is 3. The number of benzene rings is 2. The van der Waals surface area contributed by atoms with Gasteiger partial charge in [0.05, 0.1) is 5.52 Å². The normalized spacial score (nSPS) is 10.8. The first-order valence-electron chi connectivity index (χ1n) is 5.72. The van der Waals surface area contributed by atoms with Crippen molar-refractivity contribution in [2.75, 3.05) is 0 Å². The van der Waals surface area contributed by atoms with Crippen LogP contribution in [-0.2, 0) is 0 Å². The molecule has 3 N–H and O–H groups in total. The van der Waals surface area contributed by atoms with Gasteiger partial charge in [-0.2, -0.15) is 0 Å². The quantitative estimate of drug-likeness (QED) is 0.565. The second-order valence-electron chi connectivity index (χ2n) is 4.26. The molecule has 0 aliphatic rings. The molecule has 0 atom stereocenters. The molecule has 0 bridgehead atoms. The van der Waals surface area contributed by atoms with Crippen molar-refractivity contribution >= 4 is 33.5 Å². The highest BCUT2D eigenvalue weighted by Crippen LogP contribution is 2.38. The van der Waals surface area contributed by atoms with E-state index in [1.807, 2.05) is 18.2 Å². The Morgan fingerprint density at radius 1 is 0.950 bits per heavy atom. The maximum Gasteiger partial charge on any atom is 0.167 e. The number of fused-ring (bicyclic) bond motifs is 1. The van der Waals surface area contributed by atoms with Crippen molar-refractivity contribution in [3.05, 3.63) is 40.1 Å². The zero-order chi connectivity index (χ0) is 14.3. The molecule has 20 heavy (non-hydrogen) atoms. The first-order valence-corrected chi connectivity index (χ1v) is 6.80. The molecule has 0 aliphatic heterocycles. The van der Waals surface area contributed by atoms with Crippen molar-refractivity contribution in [3.8, 4) is 28.6 Å². The van der Waals surface area contributed by atoms with Crippen LogP contribution in [0.15, 0.2) is 36.5 Å². The monoisotopic (exact) mass is 380 g/mol. The minimum atomic E-state index is -0.271. The third-order valence-corrected chi connectivity index (χ3v) is 3.52. The lowest BCUT2D eigenvalue weighted by Gasteiger charge is -2.07. The maximum absolute atomic E-state index is 9.85. The minimum absolute atomic E-state index is 0.101. The van der Waals surface area contributed by atoms with Gasteiger partial charge in [-0.25, -0.2) is 9.97 Å². The summed E-state index contributed by atoms with van der Waals surface area (Å²) in [6.45, 7) is 0. The first-order chi connectivity index (χ1) is 9.54. The van der Waals surface area contributed by atoms with Crippen LogP contribution in [0, 0.1) is 3.57 Å². The second kappa shape index (κ2) is 4.78. The van der Waals surface area contributed by atoms with E-state index in [0.717, 1.165) is 21.1 Å². The van der Waals surface area contributed by atoms with Crippen LogP contribution < -0.4 is 0 Å².